The maximum absolute atomic E-state index is 12.5. The third-order valence-electron chi connectivity index (χ3n) is 4.50. The van der Waals surface area contributed by atoms with Crippen LogP contribution in [0.25, 0.3) is 15.9 Å². The van der Waals surface area contributed by atoms with Crippen LogP contribution < -0.4 is 5.32 Å². The molecule has 4 rings (SSSR count). The van der Waals surface area contributed by atoms with Gasteiger partial charge < -0.3 is 10.1 Å². The van der Waals surface area contributed by atoms with E-state index in [-0.39, 0.29) is 6.61 Å². The lowest BCUT2D eigenvalue weighted by molar-refractivity contribution is -0.119. The number of aromatic nitrogens is 2. The molecule has 0 aliphatic rings. The smallest absolute Gasteiger partial charge is 0.348 e. The van der Waals surface area contributed by atoms with Crippen LogP contribution in [0.3, 0.4) is 0 Å². The van der Waals surface area contributed by atoms with E-state index < -0.39 is 11.9 Å². The standard InChI is InChI=1S/C22H18ClN3O3S/c1-13-7-9-15(10-8-13)24-20(27)12-29-22(28)19-11-16-14(2)25-26(21(16)30-19)18-6-4-3-5-17(18)23/h3-11H,12H2,1-2H3,(H,24,27). The molecule has 0 spiro atoms. The van der Waals surface area contributed by atoms with E-state index in [0.29, 0.717) is 15.6 Å². The normalized spacial score (nSPS) is 10.9. The molecule has 30 heavy (non-hydrogen) atoms. The van der Waals surface area contributed by atoms with Crippen LogP contribution in [0.15, 0.2) is 54.6 Å². The van der Waals surface area contributed by atoms with Gasteiger partial charge in [0.25, 0.3) is 5.91 Å². The largest absolute Gasteiger partial charge is 0.451 e. The van der Waals surface area contributed by atoms with Crippen LogP contribution >= 0.6 is 22.9 Å². The Bertz CT molecular complexity index is 1240. The zero-order valence-electron chi connectivity index (χ0n) is 16.3. The van der Waals surface area contributed by atoms with E-state index in [1.807, 2.05) is 44.2 Å². The Labute approximate surface area is 182 Å². The van der Waals surface area contributed by atoms with Crippen molar-refractivity contribution in [2.45, 2.75) is 13.8 Å². The third-order valence-corrected chi connectivity index (χ3v) is 5.91. The number of thiophene rings is 1. The maximum atomic E-state index is 12.5. The van der Waals surface area contributed by atoms with Gasteiger partial charge in [0.15, 0.2) is 6.61 Å². The lowest BCUT2D eigenvalue weighted by atomic mass is 10.2. The highest BCUT2D eigenvalue weighted by molar-refractivity contribution is 7.20. The molecule has 0 unspecified atom stereocenters. The minimum Gasteiger partial charge on any atom is -0.451 e. The maximum Gasteiger partial charge on any atom is 0.348 e. The fraction of sp³-hybridized carbons (Fsp3) is 0.136. The second-order valence-corrected chi connectivity index (χ2v) is 8.21. The van der Waals surface area contributed by atoms with Gasteiger partial charge in [-0.25, -0.2) is 9.48 Å². The van der Waals surface area contributed by atoms with Gasteiger partial charge in [0.1, 0.15) is 9.71 Å². The number of hydrogen-bond donors (Lipinski definition) is 1. The molecule has 0 radical (unpaired) electrons. The van der Waals surface area contributed by atoms with E-state index in [2.05, 4.69) is 10.4 Å². The fourth-order valence-corrected chi connectivity index (χ4v) is 4.26. The van der Waals surface area contributed by atoms with Crippen molar-refractivity contribution in [3.8, 4) is 5.69 Å². The lowest BCUT2D eigenvalue weighted by Gasteiger charge is -2.06. The summed E-state index contributed by atoms with van der Waals surface area (Å²) in [6, 6.07) is 16.5. The molecule has 1 amide bonds. The third kappa shape index (κ3) is 4.08. The summed E-state index contributed by atoms with van der Waals surface area (Å²) in [7, 11) is 0. The summed E-state index contributed by atoms with van der Waals surface area (Å²) >= 11 is 7.55. The molecule has 0 aliphatic heterocycles. The molecule has 0 fully saturated rings. The topological polar surface area (TPSA) is 73.2 Å². The monoisotopic (exact) mass is 439 g/mol. The van der Waals surface area contributed by atoms with Gasteiger partial charge in [-0.2, -0.15) is 5.10 Å². The Balaban J connectivity index is 1.49. The number of para-hydroxylation sites is 1. The Kier molecular flexibility index (Phi) is 5.57. The summed E-state index contributed by atoms with van der Waals surface area (Å²) in [6.07, 6.45) is 0. The van der Waals surface area contributed by atoms with E-state index in [9.17, 15) is 9.59 Å². The number of hydrogen-bond acceptors (Lipinski definition) is 5. The first-order valence-electron chi connectivity index (χ1n) is 9.20. The van der Waals surface area contributed by atoms with Crippen molar-refractivity contribution in [1.82, 2.24) is 9.78 Å². The first-order chi connectivity index (χ1) is 14.4. The number of carbonyl (C=O) groups excluding carboxylic acids is 2. The highest BCUT2D eigenvalue weighted by Crippen LogP contribution is 2.32. The van der Waals surface area contributed by atoms with Crippen LogP contribution in [-0.2, 0) is 9.53 Å². The van der Waals surface area contributed by atoms with Crippen molar-refractivity contribution < 1.29 is 14.3 Å². The predicted octanol–water partition coefficient (Wildman–Crippen LogP) is 5.15. The molecule has 0 saturated carbocycles. The summed E-state index contributed by atoms with van der Waals surface area (Å²) < 4.78 is 6.92. The molecule has 4 aromatic rings. The summed E-state index contributed by atoms with van der Waals surface area (Å²) in [5.74, 6) is -0.952. The second kappa shape index (κ2) is 8.30. The number of ether oxygens (including phenoxy) is 1. The zero-order valence-corrected chi connectivity index (χ0v) is 17.9. The molecule has 1 N–H and O–H groups in total. The minimum absolute atomic E-state index is 0.365. The summed E-state index contributed by atoms with van der Waals surface area (Å²) in [4.78, 5) is 25.8. The fourth-order valence-electron chi connectivity index (χ4n) is 2.97. The number of amides is 1. The van der Waals surface area contributed by atoms with Gasteiger partial charge >= 0.3 is 5.97 Å². The zero-order chi connectivity index (χ0) is 21.3. The lowest BCUT2D eigenvalue weighted by Crippen LogP contribution is -2.20. The van der Waals surface area contributed by atoms with Crippen molar-refractivity contribution in [1.29, 1.82) is 0 Å². The molecular formula is C22H18ClN3O3S. The van der Waals surface area contributed by atoms with E-state index in [0.717, 1.165) is 27.2 Å². The van der Waals surface area contributed by atoms with E-state index in [1.54, 1.807) is 28.9 Å². The van der Waals surface area contributed by atoms with E-state index in [1.165, 1.54) is 11.3 Å². The van der Waals surface area contributed by atoms with Gasteiger partial charge in [0.05, 0.1) is 16.4 Å². The highest BCUT2D eigenvalue weighted by Gasteiger charge is 2.19. The number of benzene rings is 2. The van der Waals surface area contributed by atoms with Crippen molar-refractivity contribution in [3.63, 3.8) is 0 Å². The van der Waals surface area contributed by atoms with Crippen LogP contribution in [0.4, 0.5) is 5.69 Å². The molecule has 2 aromatic carbocycles. The Morgan fingerprint density at radius 3 is 2.60 bits per heavy atom. The minimum atomic E-state index is -0.555. The average molecular weight is 440 g/mol. The molecular weight excluding hydrogens is 422 g/mol. The number of carbonyl (C=O) groups is 2. The van der Waals surface area contributed by atoms with E-state index >= 15 is 0 Å². The van der Waals surface area contributed by atoms with Crippen molar-refractivity contribution >= 4 is 50.7 Å². The average Bonchev–Trinajstić information content (AvgIpc) is 3.29. The molecule has 0 saturated heterocycles. The SMILES string of the molecule is Cc1ccc(NC(=O)COC(=O)c2cc3c(C)nn(-c4ccccc4Cl)c3s2)cc1. The predicted molar refractivity (Wildman–Crippen MR) is 119 cm³/mol. The number of aryl methyl sites for hydroxylation is 2. The molecule has 2 aromatic heterocycles. The van der Waals surface area contributed by atoms with Crippen LogP contribution in [0.2, 0.25) is 5.02 Å². The number of nitrogens with zero attached hydrogens (tertiary/aromatic N) is 2. The van der Waals surface area contributed by atoms with Gasteiger partial charge in [-0.05, 0) is 44.2 Å². The number of nitrogens with one attached hydrogen (secondary N) is 1. The molecule has 152 valence electrons. The molecule has 8 heteroatoms. The van der Waals surface area contributed by atoms with Crippen LogP contribution in [0.1, 0.15) is 20.9 Å². The van der Waals surface area contributed by atoms with Crippen LogP contribution in [0.5, 0.6) is 0 Å². The number of rotatable bonds is 5. The molecule has 0 atom stereocenters. The Hall–Kier alpha value is -3.16. The van der Waals surface area contributed by atoms with Gasteiger partial charge in [0, 0.05) is 11.1 Å². The molecule has 2 heterocycles. The van der Waals surface area contributed by atoms with Crippen molar-refractivity contribution in [2.75, 3.05) is 11.9 Å². The molecule has 6 nitrogen and oxygen atoms in total. The first-order valence-corrected chi connectivity index (χ1v) is 10.4. The van der Waals surface area contributed by atoms with E-state index in [4.69, 9.17) is 16.3 Å². The molecule has 0 bridgehead atoms. The first kappa shape index (κ1) is 20.1. The van der Waals surface area contributed by atoms with Crippen molar-refractivity contribution in [2.24, 2.45) is 0 Å². The number of fused-ring (bicyclic) bond motifs is 1. The molecule has 0 aliphatic carbocycles. The van der Waals surface area contributed by atoms with Crippen LogP contribution in [0, 0.1) is 13.8 Å². The Morgan fingerprint density at radius 1 is 1.13 bits per heavy atom. The number of anilines is 1. The number of halogens is 1. The number of esters is 1. The summed E-state index contributed by atoms with van der Waals surface area (Å²) in [5, 5.41) is 8.64. The Morgan fingerprint density at radius 2 is 1.87 bits per heavy atom. The second-order valence-electron chi connectivity index (χ2n) is 6.77. The van der Waals surface area contributed by atoms with Gasteiger partial charge in [-0.3, -0.25) is 4.79 Å². The quantitative estimate of drug-likeness (QED) is 0.436. The van der Waals surface area contributed by atoms with Gasteiger partial charge in [-0.1, -0.05) is 41.4 Å². The van der Waals surface area contributed by atoms with Gasteiger partial charge in [0.2, 0.25) is 0 Å². The van der Waals surface area contributed by atoms with Crippen molar-refractivity contribution in [3.05, 3.63) is 75.8 Å². The highest BCUT2D eigenvalue weighted by atomic mass is 35.5. The summed E-state index contributed by atoms with van der Waals surface area (Å²) in [6.45, 7) is 3.47. The summed E-state index contributed by atoms with van der Waals surface area (Å²) in [5.41, 5.74) is 3.25. The van der Waals surface area contributed by atoms with Gasteiger partial charge in [-0.15, -0.1) is 11.3 Å². The van der Waals surface area contributed by atoms with Crippen LogP contribution in [-0.4, -0.2) is 28.3 Å².